The summed E-state index contributed by atoms with van der Waals surface area (Å²) >= 11 is 0. The zero-order valence-electron chi connectivity index (χ0n) is 12.7. The average Bonchev–Trinajstić information content (AvgIpc) is 2.53. The maximum absolute atomic E-state index is 12.1. The van der Waals surface area contributed by atoms with E-state index in [0.717, 1.165) is 5.69 Å². The van der Waals surface area contributed by atoms with Gasteiger partial charge < -0.3 is 15.5 Å². The Hall–Kier alpha value is -2.82. The van der Waals surface area contributed by atoms with Crippen molar-refractivity contribution in [3.8, 4) is 0 Å². The summed E-state index contributed by atoms with van der Waals surface area (Å²) in [7, 11) is 3.42. The SMILES string of the molecule is CN(C)C(=O)CNc1cccc(NC(=O)c2ccccc2)c1. The minimum Gasteiger partial charge on any atom is -0.376 e. The van der Waals surface area contributed by atoms with Crippen LogP contribution in [0.3, 0.4) is 0 Å². The summed E-state index contributed by atoms with van der Waals surface area (Å²) in [6.45, 7) is 0.211. The average molecular weight is 297 g/mol. The van der Waals surface area contributed by atoms with Gasteiger partial charge in [0.25, 0.3) is 5.91 Å². The number of hydrogen-bond donors (Lipinski definition) is 2. The molecule has 0 atom stereocenters. The van der Waals surface area contributed by atoms with Crippen LogP contribution in [0.2, 0.25) is 0 Å². The van der Waals surface area contributed by atoms with Gasteiger partial charge in [0.1, 0.15) is 0 Å². The van der Waals surface area contributed by atoms with Crippen LogP contribution in [0.1, 0.15) is 10.4 Å². The van der Waals surface area contributed by atoms with E-state index < -0.39 is 0 Å². The van der Waals surface area contributed by atoms with E-state index in [1.807, 2.05) is 30.3 Å². The molecule has 0 fully saturated rings. The van der Waals surface area contributed by atoms with Gasteiger partial charge in [0.15, 0.2) is 0 Å². The number of likely N-dealkylation sites (N-methyl/N-ethyl adjacent to an activating group) is 1. The van der Waals surface area contributed by atoms with Gasteiger partial charge >= 0.3 is 0 Å². The molecule has 2 amide bonds. The molecule has 0 bridgehead atoms. The number of carbonyl (C=O) groups excluding carboxylic acids is 2. The van der Waals surface area contributed by atoms with Crippen LogP contribution < -0.4 is 10.6 Å². The second kappa shape index (κ2) is 7.26. The highest BCUT2D eigenvalue weighted by Gasteiger charge is 2.06. The van der Waals surface area contributed by atoms with Crippen molar-refractivity contribution in [2.45, 2.75) is 0 Å². The molecule has 2 aromatic carbocycles. The molecule has 0 aromatic heterocycles. The van der Waals surface area contributed by atoms with Gasteiger partial charge in [-0.2, -0.15) is 0 Å². The molecular weight excluding hydrogens is 278 g/mol. The lowest BCUT2D eigenvalue weighted by Gasteiger charge is -2.12. The third kappa shape index (κ3) is 4.34. The molecule has 0 heterocycles. The van der Waals surface area contributed by atoms with Crippen molar-refractivity contribution in [2.75, 3.05) is 31.3 Å². The molecule has 0 aliphatic carbocycles. The Balaban J connectivity index is 1.99. The van der Waals surface area contributed by atoms with E-state index in [2.05, 4.69) is 10.6 Å². The van der Waals surface area contributed by atoms with Gasteiger partial charge in [-0.25, -0.2) is 0 Å². The summed E-state index contributed by atoms with van der Waals surface area (Å²) < 4.78 is 0. The second-order valence-electron chi connectivity index (χ2n) is 5.04. The quantitative estimate of drug-likeness (QED) is 0.891. The fourth-order valence-electron chi connectivity index (χ4n) is 1.84. The van der Waals surface area contributed by atoms with Crippen LogP contribution in [-0.2, 0) is 4.79 Å². The van der Waals surface area contributed by atoms with Gasteiger partial charge in [-0.05, 0) is 30.3 Å². The normalized spacial score (nSPS) is 9.91. The molecular formula is C17H19N3O2. The Morgan fingerprint density at radius 1 is 0.955 bits per heavy atom. The van der Waals surface area contributed by atoms with E-state index in [9.17, 15) is 9.59 Å². The van der Waals surface area contributed by atoms with Crippen LogP contribution in [0.4, 0.5) is 11.4 Å². The summed E-state index contributed by atoms with van der Waals surface area (Å²) in [4.78, 5) is 25.2. The van der Waals surface area contributed by atoms with Gasteiger partial charge in [0, 0.05) is 31.0 Å². The van der Waals surface area contributed by atoms with E-state index in [1.165, 1.54) is 4.90 Å². The van der Waals surface area contributed by atoms with Crippen LogP contribution in [0, 0.1) is 0 Å². The Labute approximate surface area is 129 Å². The maximum atomic E-state index is 12.1. The molecule has 0 saturated carbocycles. The van der Waals surface area contributed by atoms with Crippen molar-refractivity contribution in [2.24, 2.45) is 0 Å². The third-order valence-corrected chi connectivity index (χ3v) is 3.10. The van der Waals surface area contributed by atoms with Crippen molar-refractivity contribution in [3.05, 3.63) is 60.2 Å². The Morgan fingerprint density at radius 2 is 1.64 bits per heavy atom. The number of nitrogens with one attached hydrogen (secondary N) is 2. The van der Waals surface area contributed by atoms with Gasteiger partial charge in [-0.1, -0.05) is 24.3 Å². The molecule has 114 valence electrons. The number of carbonyl (C=O) groups is 2. The molecule has 22 heavy (non-hydrogen) atoms. The van der Waals surface area contributed by atoms with Gasteiger partial charge in [-0.3, -0.25) is 9.59 Å². The fourth-order valence-corrected chi connectivity index (χ4v) is 1.84. The van der Waals surface area contributed by atoms with Gasteiger partial charge in [0.05, 0.1) is 6.54 Å². The third-order valence-electron chi connectivity index (χ3n) is 3.10. The zero-order valence-corrected chi connectivity index (χ0v) is 12.7. The van der Waals surface area contributed by atoms with Crippen LogP contribution in [0.25, 0.3) is 0 Å². The summed E-state index contributed by atoms with van der Waals surface area (Å²) in [5, 5.41) is 5.87. The van der Waals surface area contributed by atoms with Crippen molar-refractivity contribution < 1.29 is 9.59 Å². The van der Waals surface area contributed by atoms with Crippen molar-refractivity contribution >= 4 is 23.2 Å². The number of anilines is 2. The minimum absolute atomic E-state index is 0.0151. The number of hydrogen-bond acceptors (Lipinski definition) is 3. The lowest BCUT2D eigenvalue weighted by atomic mass is 10.2. The highest BCUT2D eigenvalue weighted by atomic mass is 16.2. The number of benzene rings is 2. The predicted molar refractivity (Wildman–Crippen MR) is 88.0 cm³/mol. The number of nitrogens with zero attached hydrogens (tertiary/aromatic N) is 1. The standard InChI is InChI=1S/C17H19N3O2/c1-20(2)16(21)12-18-14-9-6-10-15(11-14)19-17(22)13-7-4-3-5-8-13/h3-11,18H,12H2,1-2H3,(H,19,22). The van der Waals surface area contributed by atoms with Crippen LogP contribution in [0.15, 0.2) is 54.6 Å². The summed E-state index contributed by atoms with van der Waals surface area (Å²) in [5.41, 5.74) is 2.06. The largest absolute Gasteiger partial charge is 0.376 e. The van der Waals surface area contributed by atoms with Gasteiger partial charge in [-0.15, -0.1) is 0 Å². The topological polar surface area (TPSA) is 61.4 Å². The molecule has 5 nitrogen and oxygen atoms in total. The highest BCUT2D eigenvalue weighted by Crippen LogP contribution is 2.16. The first kappa shape index (κ1) is 15.6. The molecule has 5 heteroatoms. The Morgan fingerprint density at radius 3 is 2.32 bits per heavy atom. The molecule has 0 unspecified atom stereocenters. The molecule has 2 rings (SSSR count). The summed E-state index contributed by atoms with van der Waals surface area (Å²) in [5.74, 6) is -0.180. The number of amides is 2. The summed E-state index contributed by atoms with van der Waals surface area (Å²) in [6.07, 6.45) is 0. The maximum Gasteiger partial charge on any atom is 0.255 e. The fraction of sp³-hybridized carbons (Fsp3) is 0.176. The van der Waals surface area contributed by atoms with Crippen LogP contribution in [-0.4, -0.2) is 37.4 Å². The Bertz CT molecular complexity index is 654. The monoisotopic (exact) mass is 297 g/mol. The van der Waals surface area contributed by atoms with E-state index in [4.69, 9.17) is 0 Å². The van der Waals surface area contributed by atoms with E-state index in [-0.39, 0.29) is 18.4 Å². The van der Waals surface area contributed by atoms with Crippen molar-refractivity contribution in [1.82, 2.24) is 4.90 Å². The van der Waals surface area contributed by atoms with Crippen LogP contribution in [0.5, 0.6) is 0 Å². The first-order valence-corrected chi connectivity index (χ1v) is 6.97. The van der Waals surface area contributed by atoms with Gasteiger partial charge in [0.2, 0.25) is 5.91 Å². The van der Waals surface area contributed by atoms with Crippen molar-refractivity contribution in [1.29, 1.82) is 0 Å². The highest BCUT2D eigenvalue weighted by molar-refractivity contribution is 6.04. The molecule has 2 N–H and O–H groups in total. The second-order valence-corrected chi connectivity index (χ2v) is 5.04. The first-order valence-electron chi connectivity index (χ1n) is 6.97. The first-order chi connectivity index (χ1) is 10.6. The van der Waals surface area contributed by atoms with Crippen LogP contribution >= 0.6 is 0 Å². The molecule has 0 spiro atoms. The predicted octanol–water partition coefficient (Wildman–Crippen LogP) is 2.44. The molecule has 0 saturated heterocycles. The molecule has 0 aliphatic heterocycles. The number of rotatable bonds is 5. The van der Waals surface area contributed by atoms with E-state index in [1.54, 1.807) is 38.4 Å². The lowest BCUT2D eigenvalue weighted by Crippen LogP contribution is -2.28. The molecule has 2 aromatic rings. The Kier molecular flexibility index (Phi) is 5.14. The molecule has 0 aliphatic rings. The van der Waals surface area contributed by atoms with E-state index in [0.29, 0.717) is 11.3 Å². The molecule has 0 radical (unpaired) electrons. The van der Waals surface area contributed by atoms with E-state index >= 15 is 0 Å². The smallest absolute Gasteiger partial charge is 0.255 e. The zero-order chi connectivity index (χ0) is 15.9. The minimum atomic E-state index is -0.165. The lowest BCUT2D eigenvalue weighted by molar-refractivity contribution is -0.126. The van der Waals surface area contributed by atoms with Crippen molar-refractivity contribution in [3.63, 3.8) is 0 Å². The summed E-state index contributed by atoms with van der Waals surface area (Å²) in [6, 6.07) is 16.3.